The van der Waals surface area contributed by atoms with Crippen LogP contribution in [0.5, 0.6) is 0 Å². The lowest BCUT2D eigenvalue weighted by molar-refractivity contribution is -0.120. The fourth-order valence-electron chi connectivity index (χ4n) is 2.98. The number of anilines is 1. The summed E-state index contributed by atoms with van der Waals surface area (Å²) in [5.41, 5.74) is 3.23. The van der Waals surface area contributed by atoms with E-state index in [-0.39, 0.29) is 11.8 Å². The molecule has 0 bridgehead atoms. The summed E-state index contributed by atoms with van der Waals surface area (Å²) >= 11 is 1.54. The fraction of sp³-hybridized carbons (Fsp3) is 0.444. The Morgan fingerprint density at radius 2 is 2.22 bits per heavy atom. The Morgan fingerprint density at radius 3 is 3.04 bits per heavy atom. The van der Waals surface area contributed by atoms with Crippen LogP contribution in [-0.4, -0.2) is 24.1 Å². The Bertz CT molecular complexity index is 640. The van der Waals surface area contributed by atoms with Crippen molar-refractivity contribution in [3.8, 4) is 0 Å². The molecule has 4 nitrogen and oxygen atoms in total. The highest BCUT2D eigenvalue weighted by atomic mass is 32.2. The lowest BCUT2D eigenvalue weighted by atomic mass is 9.97. The average Bonchev–Trinajstić information content (AvgIpc) is 2.55. The molecule has 0 aromatic heterocycles. The van der Waals surface area contributed by atoms with Crippen LogP contribution in [0.1, 0.15) is 37.7 Å². The molecule has 1 aromatic carbocycles. The Balaban J connectivity index is 1.49. The highest BCUT2D eigenvalue weighted by molar-refractivity contribution is 8.00. The number of carbonyl (C=O) groups excluding carboxylic acids is 2. The largest absolute Gasteiger partial charge is 0.355 e. The molecule has 0 atom stereocenters. The van der Waals surface area contributed by atoms with Crippen molar-refractivity contribution in [3.05, 3.63) is 35.4 Å². The Kier molecular flexibility index (Phi) is 5.39. The summed E-state index contributed by atoms with van der Waals surface area (Å²) in [5, 5.41) is 5.86. The first-order chi connectivity index (χ1) is 11.2. The number of rotatable bonds is 5. The van der Waals surface area contributed by atoms with E-state index in [9.17, 15) is 9.59 Å². The first-order valence-corrected chi connectivity index (χ1v) is 9.19. The molecule has 122 valence electrons. The van der Waals surface area contributed by atoms with Crippen LogP contribution in [0.25, 0.3) is 0 Å². The lowest BCUT2D eigenvalue weighted by Gasteiger charge is -2.17. The second-order valence-electron chi connectivity index (χ2n) is 6.05. The molecule has 0 fully saturated rings. The van der Waals surface area contributed by atoms with Crippen LogP contribution >= 0.6 is 11.8 Å². The minimum Gasteiger partial charge on any atom is -0.355 e. The standard InChI is InChI=1S/C18H22N2O2S/c21-17(19-9-8-13-4-2-1-3-5-13)11-14-6-7-16-15(10-14)20-18(22)12-23-16/h4,6-7,10H,1-3,5,8-9,11-12H2,(H,19,21)(H,20,22). The monoisotopic (exact) mass is 330 g/mol. The maximum atomic E-state index is 12.1. The zero-order valence-electron chi connectivity index (χ0n) is 13.2. The highest BCUT2D eigenvalue weighted by Gasteiger charge is 2.16. The zero-order valence-corrected chi connectivity index (χ0v) is 14.0. The van der Waals surface area contributed by atoms with E-state index in [2.05, 4.69) is 16.7 Å². The molecule has 1 aliphatic heterocycles. The molecule has 2 aliphatic rings. The van der Waals surface area contributed by atoms with Crippen LogP contribution < -0.4 is 10.6 Å². The van der Waals surface area contributed by atoms with Crippen molar-refractivity contribution in [1.82, 2.24) is 5.32 Å². The summed E-state index contributed by atoms with van der Waals surface area (Å²) in [4.78, 5) is 24.6. The van der Waals surface area contributed by atoms with Gasteiger partial charge in [-0.05, 0) is 49.8 Å². The number of hydrogen-bond acceptors (Lipinski definition) is 3. The SMILES string of the molecule is O=C(Cc1ccc2c(c1)NC(=O)CS2)NCCC1=CCCCC1. The van der Waals surface area contributed by atoms with Crippen LogP contribution in [0.2, 0.25) is 0 Å². The zero-order chi connectivity index (χ0) is 16.1. The first kappa shape index (κ1) is 16.1. The predicted octanol–water partition coefficient (Wildman–Crippen LogP) is 3.28. The van der Waals surface area contributed by atoms with Crippen molar-refractivity contribution >= 4 is 29.3 Å². The molecule has 1 heterocycles. The van der Waals surface area contributed by atoms with E-state index < -0.39 is 0 Å². The predicted molar refractivity (Wildman–Crippen MR) is 93.7 cm³/mol. The average molecular weight is 330 g/mol. The molecule has 3 rings (SSSR count). The maximum Gasteiger partial charge on any atom is 0.234 e. The summed E-state index contributed by atoms with van der Waals surface area (Å²) in [6, 6.07) is 5.85. The fourth-order valence-corrected chi connectivity index (χ4v) is 3.77. The third-order valence-electron chi connectivity index (χ3n) is 4.19. The molecular formula is C18H22N2O2S. The number of nitrogens with one attached hydrogen (secondary N) is 2. The van der Waals surface area contributed by atoms with Crippen molar-refractivity contribution in [2.24, 2.45) is 0 Å². The van der Waals surface area contributed by atoms with Crippen LogP contribution in [0.4, 0.5) is 5.69 Å². The molecule has 5 heteroatoms. The lowest BCUT2D eigenvalue weighted by Crippen LogP contribution is -2.26. The van der Waals surface area contributed by atoms with Crippen molar-refractivity contribution in [2.75, 3.05) is 17.6 Å². The van der Waals surface area contributed by atoms with E-state index in [4.69, 9.17) is 0 Å². The first-order valence-electron chi connectivity index (χ1n) is 8.21. The third kappa shape index (κ3) is 4.61. The van der Waals surface area contributed by atoms with E-state index in [1.54, 1.807) is 0 Å². The van der Waals surface area contributed by atoms with Crippen LogP contribution in [0, 0.1) is 0 Å². The summed E-state index contributed by atoms with van der Waals surface area (Å²) in [5.74, 6) is 0.517. The van der Waals surface area contributed by atoms with Gasteiger partial charge in [-0.2, -0.15) is 0 Å². The van der Waals surface area contributed by atoms with Gasteiger partial charge in [0.25, 0.3) is 0 Å². The second-order valence-corrected chi connectivity index (χ2v) is 7.07. The normalized spacial score (nSPS) is 17.0. The minimum absolute atomic E-state index is 0.0184. The molecule has 0 saturated carbocycles. The molecule has 0 saturated heterocycles. The second kappa shape index (κ2) is 7.68. The van der Waals surface area contributed by atoms with Crippen LogP contribution in [0.3, 0.4) is 0 Å². The molecule has 23 heavy (non-hydrogen) atoms. The van der Waals surface area contributed by atoms with Crippen molar-refractivity contribution in [2.45, 2.75) is 43.4 Å². The van der Waals surface area contributed by atoms with E-state index in [1.807, 2.05) is 18.2 Å². The summed E-state index contributed by atoms with van der Waals surface area (Å²) in [6.07, 6.45) is 8.57. The Morgan fingerprint density at radius 1 is 1.30 bits per heavy atom. The van der Waals surface area contributed by atoms with Crippen molar-refractivity contribution < 1.29 is 9.59 Å². The summed E-state index contributed by atoms with van der Waals surface area (Å²) in [6.45, 7) is 0.711. The van der Waals surface area contributed by atoms with Gasteiger partial charge in [0.2, 0.25) is 11.8 Å². The molecule has 1 aromatic rings. The van der Waals surface area contributed by atoms with E-state index in [1.165, 1.54) is 43.0 Å². The maximum absolute atomic E-state index is 12.1. The number of amides is 2. The number of hydrogen-bond donors (Lipinski definition) is 2. The van der Waals surface area contributed by atoms with Gasteiger partial charge in [-0.3, -0.25) is 9.59 Å². The molecule has 0 radical (unpaired) electrons. The van der Waals surface area contributed by atoms with E-state index in [0.717, 1.165) is 22.6 Å². The van der Waals surface area contributed by atoms with Crippen LogP contribution in [0.15, 0.2) is 34.7 Å². The highest BCUT2D eigenvalue weighted by Crippen LogP contribution is 2.32. The Labute approximate surface area is 141 Å². The van der Waals surface area contributed by atoms with Gasteiger partial charge in [-0.15, -0.1) is 11.8 Å². The van der Waals surface area contributed by atoms with Gasteiger partial charge in [0.1, 0.15) is 0 Å². The van der Waals surface area contributed by atoms with Gasteiger partial charge in [0.15, 0.2) is 0 Å². The van der Waals surface area contributed by atoms with Crippen molar-refractivity contribution in [3.63, 3.8) is 0 Å². The van der Waals surface area contributed by atoms with Gasteiger partial charge >= 0.3 is 0 Å². The molecule has 2 amide bonds. The number of thioether (sulfide) groups is 1. The molecule has 0 unspecified atom stereocenters. The van der Waals surface area contributed by atoms with Crippen molar-refractivity contribution in [1.29, 1.82) is 0 Å². The molecule has 0 spiro atoms. The summed E-state index contributed by atoms with van der Waals surface area (Å²) < 4.78 is 0. The molecular weight excluding hydrogens is 308 g/mol. The Hall–Kier alpha value is -1.75. The van der Waals surface area contributed by atoms with E-state index in [0.29, 0.717) is 18.7 Å². The number of carbonyl (C=O) groups is 2. The molecule has 2 N–H and O–H groups in total. The van der Waals surface area contributed by atoms with Gasteiger partial charge in [-0.1, -0.05) is 17.7 Å². The van der Waals surface area contributed by atoms with Crippen LogP contribution in [-0.2, 0) is 16.0 Å². The summed E-state index contributed by atoms with van der Waals surface area (Å²) in [7, 11) is 0. The van der Waals surface area contributed by atoms with Gasteiger partial charge < -0.3 is 10.6 Å². The van der Waals surface area contributed by atoms with Gasteiger partial charge in [0.05, 0.1) is 17.9 Å². The number of allylic oxidation sites excluding steroid dienone is 1. The molecule has 1 aliphatic carbocycles. The third-order valence-corrected chi connectivity index (χ3v) is 5.27. The number of benzene rings is 1. The van der Waals surface area contributed by atoms with Gasteiger partial charge in [-0.25, -0.2) is 0 Å². The smallest absolute Gasteiger partial charge is 0.234 e. The minimum atomic E-state index is 0.0184. The quantitative estimate of drug-likeness (QED) is 0.815. The topological polar surface area (TPSA) is 58.2 Å². The van der Waals surface area contributed by atoms with E-state index >= 15 is 0 Å². The van der Waals surface area contributed by atoms with Gasteiger partial charge in [0, 0.05) is 11.4 Å². The number of fused-ring (bicyclic) bond motifs is 1.